The van der Waals surface area contributed by atoms with Gasteiger partial charge < -0.3 is 35.4 Å². The molecule has 0 spiro atoms. The molecule has 2 saturated heterocycles. The normalized spacial score (nSPS) is 25.1. The summed E-state index contributed by atoms with van der Waals surface area (Å²) in [6.07, 6.45) is -3.46. The van der Waals surface area contributed by atoms with Crippen molar-refractivity contribution in [1.29, 1.82) is 0 Å². The van der Waals surface area contributed by atoms with Crippen molar-refractivity contribution in [2.75, 3.05) is 49.0 Å². The zero-order valence-corrected chi connectivity index (χ0v) is 18.6. The van der Waals surface area contributed by atoms with E-state index in [1.165, 1.54) is 4.57 Å². The highest BCUT2D eigenvalue weighted by Gasteiger charge is 2.45. The number of nitrogen functional groups attached to an aromatic ring is 1. The molecule has 0 aliphatic carbocycles. The van der Waals surface area contributed by atoms with Crippen LogP contribution in [0.4, 0.5) is 17.6 Å². The van der Waals surface area contributed by atoms with Gasteiger partial charge in [-0.15, -0.1) is 0 Å². The average molecular weight is 486 g/mol. The highest BCUT2D eigenvalue weighted by Crippen LogP contribution is 2.34. The molecule has 35 heavy (non-hydrogen) atoms. The number of aliphatic hydroxyl groups is 3. The first-order chi connectivity index (χ1) is 17.0. The maximum absolute atomic E-state index is 12.4. The Morgan fingerprint density at radius 2 is 1.94 bits per heavy atom. The summed E-state index contributed by atoms with van der Waals surface area (Å²) in [5.41, 5.74) is 9.71. The Balaban J connectivity index is 1.42. The van der Waals surface area contributed by atoms with E-state index in [9.17, 15) is 20.1 Å². The summed E-state index contributed by atoms with van der Waals surface area (Å²) < 4.78 is 12.3. The SMILES string of the molecule is Nc1nc2c(nc(N/N=C\c3ccc(N4CCOCC4)cc3)n2[C@H]2O[C@@H](CO)[C@@H](O)[C@@H]2O)c(=O)[nH]1. The number of H-pyrrole nitrogens is 1. The minimum absolute atomic E-state index is 0.0219. The molecule has 5 rings (SSSR count). The Hall–Kier alpha value is -3.56. The highest BCUT2D eigenvalue weighted by atomic mass is 16.6. The van der Waals surface area contributed by atoms with Crippen LogP contribution in [0, 0.1) is 0 Å². The Bertz CT molecular complexity index is 1270. The number of nitrogens with zero attached hydrogens (tertiary/aromatic N) is 5. The summed E-state index contributed by atoms with van der Waals surface area (Å²) in [7, 11) is 0. The number of ether oxygens (including phenoxy) is 2. The van der Waals surface area contributed by atoms with Crippen LogP contribution in [0.15, 0.2) is 34.2 Å². The molecule has 186 valence electrons. The number of hydrogen-bond acceptors (Lipinski definition) is 12. The molecule has 4 atom stereocenters. The van der Waals surface area contributed by atoms with Crippen LogP contribution in [0.2, 0.25) is 0 Å². The van der Waals surface area contributed by atoms with Gasteiger partial charge in [-0.05, 0) is 17.7 Å². The second kappa shape index (κ2) is 9.59. The van der Waals surface area contributed by atoms with Crippen molar-refractivity contribution in [3.8, 4) is 0 Å². The molecule has 0 bridgehead atoms. The third-order valence-electron chi connectivity index (χ3n) is 5.99. The lowest BCUT2D eigenvalue weighted by Crippen LogP contribution is -2.36. The molecule has 0 radical (unpaired) electrons. The Morgan fingerprint density at radius 1 is 1.20 bits per heavy atom. The van der Waals surface area contributed by atoms with Crippen LogP contribution >= 0.6 is 0 Å². The summed E-state index contributed by atoms with van der Waals surface area (Å²) in [6, 6.07) is 7.82. The minimum atomic E-state index is -1.43. The van der Waals surface area contributed by atoms with E-state index < -0.39 is 36.7 Å². The lowest BCUT2D eigenvalue weighted by Gasteiger charge is -2.28. The molecule has 2 aliphatic rings. The van der Waals surface area contributed by atoms with E-state index in [4.69, 9.17) is 15.2 Å². The second-order valence-electron chi connectivity index (χ2n) is 8.22. The van der Waals surface area contributed by atoms with Crippen LogP contribution in [-0.4, -0.2) is 92.3 Å². The highest BCUT2D eigenvalue weighted by molar-refractivity contribution is 5.81. The van der Waals surface area contributed by atoms with Gasteiger partial charge in [0, 0.05) is 18.8 Å². The Labute approximate surface area is 198 Å². The first kappa shape index (κ1) is 23.2. The number of benzene rings is 1. The molecule has 2 aliphatic heterocycles. The van der Waals surface area contributed by atoms with Gasteiger partial charge in [0.25, 0.3) is 5.56 Å². The standard InChI is InChI=1S/C21H26N8O6/c22-20-25-17-14(18(33)26-20)24-21(29(17)19-16(32)15(31)13(10-30)35-19)27-23-9-11-1-3-12(4-2-11)28-5-7-34-8-6-28/h1-4,9,13,15-16,19,30-32H,5-8,10H2,(H,24,27)(H3,22,25,26,33)/b23-9-/t13-,15+,16-,19-/m0/s1. The number of aliphatic hydroxyl groups excluding tert-OH is 3. The van der Waals surface area contributed by atoms with E-state index >= 15 is 0 Å². The molecule has 14 heteroatoms. The summed E-state index contributed by atoms with van der Waals surface area (Å²) in [6.45, 7) is 2.56. The van der Waals surface area contributed by atoms with Gasteiger partial charge in [0.1, 0.15) is 18.3 Å². The smallest absolute Gasteiger partial charge is 0.280 e. The summed E-state index contributed by atoms with van der Waals surface area (Å²) in [5.74, 6) is -0.134. The summed E-state index contributed by atoms with van der Waals surface area (Å²) >= 11 is 0. The molecule has 2 fully saturated rings. The number of morpholine rings is 1. The van der Waals surface area contributed by atoms with Crippen LogP contribution in [0.3, 0.4) is 0 Å². The molecule has 1 aromatic carbocycles. The predicted octanol–water partition coefficient (Wildman–Crippen LogP) is -1.40. The van der Waals surface area contributed by atoms with Gasteiger partial charge in [0.05, 0.1) is 26.0 Å². The second-order valence-corrected chi connectivity index (χ2v) is 8.22. The zero-order valence-electron chi connectivity index (χ0n) is 18.6. The van der Waals surface area contributed by atoms with E-state index in [0.717, 1.165) is 24.3 Å². The number of fused-ring (bicyclic) bond motifs is 1. The molecular weight excluding hydrogens is 460 g/mol. The van der Waals surface area contributed by atoms with Gasteiger partial charge in [0.15, 0.2) is 17.4 Å². The largest absolute Gasteiger partial charge is 0.394 e. The third-order valence-corrected chi connectivity index (χ3v) is 5.99. The quantitative estimate of drug-likeness (QED) is 0.177. The molecule has 4 heterocycles. The van der Waals surface area contributed by atoms with Crippen LogP contribution < -0.4 is 21.6 Å². The fourth-order valence-electron chi connectivity index (χ4n) is 4.17. The first-order valence-corrected chi connectivity index (χ1v) is 11.1. The van der Waals surface area contributed by atoms with Crippen molar-refractivity contribution in [3.05, 3.63) is 40.2 Å². The van der Waals surface area contributed by atoms with Crippen molar-refractivity contribution in [2.45, 2.75) is 24.5 Å². The van der Waals surface area contributed by atoms with Crippen molar-refractivity contribution in [2.24, 2.45) is 5.10 Å². The number of aromatic nitrogens is 4. The number of nitrogens with two attached hydrogens (primary N) is 1. The van der Waals surface area contributed by atoms with E-state index in [-0.39, 0.29) is 23.1 Å². The minimum Gasteiger partial charge on any atom is -0.394 e. The van der Waals surface area contributed by atoms with E-state index in [1.54, 1.807) is 6.21 Å². The van der Waals surface area contributed by atoms with Crippen molar-refractivity contribution in [3.63, 3.8) is 0 Å². The van der Waals surface area contributed by atoms with Gasteiger partial charge in [0.2, 0.25) is 11.9 Å². The van der Waals surface area contributed by atoms with Crippen molar-refractivity contribution < 1.29 is 24.8 Å². The predicted molar refractivity (Wildman–Crippen MR) is 126 cm³/mol. The van der Waals surface area contributed by atoms with Gasteiger partial charge in [-0.1, -0.05) is 12.1 Å². The number of hydrogen-bond donors (Lipinski definition) is 6. The monoisotopic (exact) mass is 486 g/mol. The zero-order chi connectivity index (χ0) is 24.5. The lowest BCUT2D eigenvalue weighted by atomic mass is 10.1. The number of nitrogens with one attached hydrogen (secondary N) is 2. The number of aromatic amines is 1. The van der Waals surface area contributed by atoms with Crippen LogP contribution in [-0.2, 0) is 9.47 Å². The molecule has 0 saturated carbocycles. The lowest BCUT2D eigenvalue weighted by molar-refractivity contribution is -0.0501. The Morgan fingerprint density at radius 3 is 2.63 bits per heavy atom. The van der Waals surface area contributed by atoms with Gasteiger partial charge in [-0.3, -0.25) is 14.3 Å². The molecular formula is C21H26N8O6. The van der Waals surface area contributed by atoms with Crippen LogP contribution in [0.25, 0.3) is 11.2 Å². The average Bonchev–Trinajstić information content (AvgIpc) is 3.36. The number of rotatable bonds is 6. The molecule has 0 amide bonds. The maximum Gasteiger partial charge on any atom is 0.280 e. The van der Waals surface area contributed by atoms with Gasteiger partial charge >= 0.3 is 0 Å². The molecule has 7 N–H and O–H groups in total. The number of imidazole rings is 1. The number of hydrazone groups is 1. The van der Waals surface area contributed by atoms with E-state index in [0.29, 0.717) is 13.2 Å². The van der Waals surface area contributed by atoms with E-state index in [1.807, 2.05) is 24.3 Å². The topological polar surface area (TPSA) is 196 Å². The molecule has 0 unspecified atom stereocenters. The Kier molecular flexibility index (Phi) is 6.36. The van der Waals surface area contributed by atoms with Crippen molar-refractivity contribution >= 4 is 35.0 Å². The van der Waals surface area contributed by atoms with Crippen molar-refractivity contribution in [1.82, 2.24) is 19.5 Å². The molecule has 3 aromatic rings. The molecule has 2 aromatic heterocycles. The summed E-state index contributed by atoms with van der Waals surface area (Å²) in [4.78, 5) is 25.3. The van der Waals surface area contributed by atoms with Gasteiger partial charge in [-0.2, -0.15) is 10.1 Å². The van der Waals surface area contributed by atoms with E-state index in [2.05, 4.69) is 30.4 Å². The van der Waals surface area contributed by atoms with Crippen LogP contribution in [0.1, 0.15) is 11.8 Å². The third kappa shape index (κ3) is 4.44. The fourth-order valence-corrected chi connectivity index (χ4v) is 4.17. The summed E-state index contributed by atoms with van der Waals surface area (Å²) in [5, 5.41) is 34.4. The van der Waals surface area contributed by atoms with Crippen LogP contribution in [0.5, 0.6) is 0 Å². The fraction of sp³-hybridized carbons (Fsp3) is 0.429. The number of anilines is 3. The maximum atomic E-state index is 12.4. The first-order valence-electron chi connectivity index (χ1n) is 11.1. The molecule has 14 nitrogen and oxygen atoms in total. The van der Waals surface area contributed by atoms with Gasteiger partial charge in [-0.25, -0.2) is 10.4 Å².